The Labute approximate surface area is 125 Å². The van der Waals surface area contributed by atoms with Crippen LogP contribution in [0.5, 0.6) is 11.5 Å². The lowest BCUT2D eigenvalue weighted by molar-refractivity contribution is 0.103. The fourth-order valence-electron chi connectivity index (χ4n) is 1.79. The monoisotopic (exact) mass is 336 g/mol. The van der Waals surface area contributed by atoms with Crippen LogP contribution in [0.3, 0.4) is 0 Å². The molecule has 20 heavy (non-hydrogen) atoms. The first-order valence-electron chi connectivity index (χ1n) is 5.83. The van der Waals surface area contributed by atoms with Crippen LogP contribution < -0.4 is 9.47 Å². The minimum absolute atomic E-state index is 0.226. The Morgan fingerprint density at radius 1 is 1.20 bits per heavy atom. The zero-order valence-electron chi connectivity index (χ0n) is 11.3. The first-order valence-corrected chi connectivity index (χ1v) is 6.62. The fraction of sp³-hybridized carbons (Fsp3) is 0.214. The van der Waals surface area contributed by atoms with E-state index in [9.17, 15) is 4.79 Å². The molecule has 0 aliphatic rings. The second-order valence-electron chi connectivity index (χ2n) is 3.98. The zero-order valence-corrected chi connectivity index (χ0v) is 12.9. The average molecular weight is 337 g/mol. The topological polar surface area (TPSA) is 61.3 Å². The normalized spacial score (nSPS) is 10.2. The molecule has 1 aromatic carbocycles. The number of methoxy groups -OCH3 is 2. The van der Waals surface area contributed by atoms with E-state index in [2.05, 4.69) is 25.9 Å². The van der Waals surface area contributed by atoms with Gasteiger partial charge in [0, 0.05) is 6.20 Å². The van der Waals surface area contributed by atoms with Gasteiger partial charge in [-0.05, 0) is 41.1 Å². The van der Waals surface area contributed by atoms with Crippen LogP contribution in [-0.4, -0.2) is 30.0 Å². The quantitative estimate of drug-likeness (QED) is 0.803. The van der Waals surface area contributed by atoms with E-state index in [0.717, 1.165) is 0 Å². The zero-order chi connectivity index (χ0) is 14.7. The van der Waals surface area contributed by atoms with E-state index in [1.807, 2.05) is 0 Å². The van der Waals surface area contributed by atoms with Crippen molar-refractivity contribution in [3.05, 3.63) is 46.0 Å². The lowest BCUT2D eigenvalue weighted by atomic mass is 10.1. The number of rotatable bonds is 4. The van der Waals surface area contributed by atoms with Crippen LogP contribution in [-0.2, 0) is 0 Å². The van der Waals surface area contributed by atoms with Gasteiger partial charge in [0.1, 0.15) is 27.5 Å². The maximum absolute atomic E-state index is 12.5. The van der Waals surface area contributed by atoms with Crippen LogP contribution in [0.15, 0.2) is 28.9 Å². The Morgan fingerprint density at radius 3 is 2.55 bits per heavy atom. The van der Waals surface area contributed by atoms with Crippen molar-refractivity contribution in [1.82, 2.24) is 9.97 Å². The van der Waals surface area contributed by atoms with E-state index in [-0.39, 0.29) is 5.78 Å². The predicted octanol–water partition coefficient (Wildman–Crippen LogP) is 2.80. The molecule has 0 aliphatic carbocycles. The molecule has 6 heteroatoms. The molecule has 0 radical (unpaired) electrons. The molecule has 0 saturated heterocycles. The minimum Gasteiger partial charge on any atom is -0.495 e. The minimum atomic E-state index is -0.226. The highest BCUT2D eigenvalue weighted by Crippen LogP contribution is 2.37. The lowest BCUT2D eigenvalue weighted by Gasteiger charge is -2.12. The van der Waals surface area contributed by atoms with Crippen molar-refractivity contribution in [2.45, 2.75) is 6.92 Å². The summed E-state index contributed by atoms with van der Waals surface area (Å²) in [4.78, 5) is 20.6. The van der Waals surface area contributed by atoms with Gasteiger partial charge in [-0.25, -0.2) is 9.97 Å². The summed E-state index contributed by atoms with van der Waals surface area (Å²) < 4.78 is 11.1. The van der Waals surface area contributed by atoms with Crippen LogP contribution in [0.25, 0.3) is 0 Å². The summed E-state index contributed by atoms with van der Waals surface area (Å²) in [5.41, 5.74) is 0.742. The van der Waals surface area contributed by atoms with Gasteiger partial charge >= 0.3 is 0 Å². The van der Waals surface area contributed by atoms with E-state index in [0.29, 0.717) is 33.1 Å². The third-order valence-corrected chi connectivity index (χ3v) is 3.49. The number of ketones is 1. The van der Waals surface area contributed by atoms with E-state index in [1.54, 1.807) is 38.4 Å². The number of carbonyl (C=O) groups is 1. The standard InChI is InChI=1S/C14H13BrN2O3/c1-8-16-7-6-10(17-8)13(18)9-4-5-11(19-2)12(15)14(9)20-3/h4-7H,1-3H3. The Morgan fingerprint density at radius 2 is 1.95 bits per heavy atom. The Hall–Kier alpha value is -1.95. The van der Waals surface area contributed by atoms with Gasteiger partial charge < -0.3 is 9.47 Å². The second-order valence-corrected chi connectivity index (χ2v) is 4.77. The summed E-state index contributed by atoms with van der Waals surface area (Å²) in [6.45, 7) is 1.73. The Balaban J connectivity index is 2.52. The molecular formula is C14H13BrN2O3. The maximum atomic E-state index is 12.5. The smallest absolute Gasteiger partial charge is 0.215 e. The van der Waals surface area contributed by atoms with Crippen molar-refractivity contribution >= 4 is 21.7 Å². The summed E-state index contributed by atoms with van der Waals surface area (Å²) in [7, 11) is 3.05. The van der Waals surface area contributed by atoms with Crippen molar-refractivity contribution in [3.63, 3.8) is 0 Å². The first-order chi connectivity index (χ1) is 9.58. The first kappa shape index (κ1) is 14.5. The van der Waals surface area contributed by atoms with Gasteiger partial charge in [-0.15, -0.1) is 0 Å². The van der Waals surface area contributed by atoms with Gasteiger partial charge in [-0.1, -0.05) is 0 Å². The summed E-state index contributed by atoms with van der Waals surface area (Å²) in [5.74, 6) is 1.33. The molecule has 2 rings (SSSR count). The molecule has 0 N–H and O–H groups in total. The molecule has 0 spiro atoms. The van der Waals surface area contributed by atoms with Crippen LogP contribution in [0, 0.1) is 6.92 Å². The number of benzene rings is 1. The molecule has 104 valence electrons. The molecule has 0 unspecified atom stereocenters. The molecule has 0 fully saturated rings. The van der Waals surface area contributed by atoms with Gasteiger partial charge in [0.25, 0.3) is 0 Å². The highest BCUT2D eigenvalue weighted by atomic mass is 79.9. The third kappa shape index (κ3) is 2.65. The molecule has 1 heterocycles. The molecule has 0 saturated carbocycles. The van der Waals surface area contributed by atoms with E-state index in [4.69, 9.17) is 9.47 Å². The number of aromatic nitrogens is 2. The molecule has 0 amide bonds. The predicted molar refractivity (Wildman–Crippen MR) is 77.4 cm³/mol. The molecule has 0 bridgehead atoms. The summed E-state index contributed by atoms with van der Waals surface area (Å²) in [5, 5.41) is 0. The average Bonchev–Trinajstić information content (AvgIpc) is 2.46. The van der Waals surface area contributed by atoms with Gasteiger partial charge in [0.15, 0.2) is 0 Å². The number of carbonyl (C=O) groups excluding carboxylic acids is 1. The van der Waals surface area contributed by atoms with E-state index in [1.165, 1.54) is 7.11 Å². The highest BCUT2D eigenvalue weighted by Gasteiger charge is 2.20. The number of hydrogen-bond acceptors (Lipinski definition) is 5. The van der Waals surface area contributed by atoms with Crippen LogP contribution >= 0.6 is 15.9 Å². The molecule has 0 atom stereocenters. The summed E-state index contributed by atoms with van der Waals surface area (Å²) in [6, 6.07) is 4.93. The molecule has 0 aliphatic heterocycles. The summed E-state index contributed by atoms with van der Waals surface area (Å²) >= 11 is 3.37. The maximum Gasteiger partial charge on any atom is 0.215 e. The number of hydrogen-bond donors (Lipinski definition) is 0. The van der Waals surface area contributed by atoms with Gasteiger partial charge in [0.05, 0.1) is 19.8 Å². The van der Waals surface area contributed by atoms with Crippen LogP contribution in [0.1, 0.15) is 21.9 Å². The Kier molecular flexibility index (Phi) is 4.34. The molecule has 2 aromatic rings. The van der Waals surface area contributed by atoms with Crippen molar-refractivity contribution in [2.75, 3.05) is 14.2 Å². The molecule has 1 aromatic heterocycles. The number of halogens is 1. The van der Waals surface area contributed by atoms with Gasteiger partial charge in [-0.3, -0.25) is 4.79 Å². The SMILES string of the molecule is COc1ccc(C(=O)c2ccnc(C)n2)c(OC)c1Br. The van der Waals surface area contributed by atoms with E-state index >= 15 is 0 Å². The molecule has 5 nitrogen and oxygen atoms in total. The van der Waals surface area contributed by atoms with Crippen molar-refractivity contribution < 1.29 is 14.3 Å². The largest absolute Gasteiger partial charge is 0.495 e. The third-order valence-electron chi connectivity index (χ3n) is 2.74. The highest BCUT2D eigenvalue weighted by molar-refractivity contribution is 9.10. The van der Waals surface area contributed by atoms with E-state index < -0.39 is 0 Å². The van der Waals surface area contributed by atoms with Crippen molar-refractivity contribution in [1.29, 1.82) is 0 Å². The number of aryl methyl sites for hydroxylation is 1. The van der Waals surface area contributed by atoms with Crippen LogP contribution in [0.4, 0.5) is 0 Å². The molecular weight excluding hydrogens is 324 g/mol. The van der Waals surface area contributed by atoms with Gasteiger partial charge in [0.2, 0.25) is 5.78 Å². The van der Waals surface area contributed by atoms with Crippen molar-refractivity contribution in [2.24, 2.45) is 0 Å². The van der Waals surface area contributed by atoms with Crippen LogP contribution in [0.2, 0.25) is 0 Å². The summed E-state index contributed by atoms with van der Waals surface area (Å²) in [6.07, 6.45) is 1.56. The second kappa shape index (κ2) is 6.00. The van der Waals surface area contributed by atoms with Gasteiger partial charge in [-0.2, -0.15) is 0 Å². The Bertz CT molecular complexity index is 659. The number of nitrogens with zero attached hydrogens (tertiary/aromatic N) is 2. The number of ether oxygens (including phenoxy) is 2. The lowest BCUT2D eigenvalue weighted by Crippen LogP contribution is -2.08. The van der Waals surface area contributed by atoms with Crippen molar-refractivity contribution in [3.8, 4) is 11.5 Å². The fourth-order valence-corrected chi connectivity index (χ4v) is 2.46.